The van der Waals surface area contributed by atoms with Crippen LogP contribution >= 0.6 is 11.6 Å². The Kier molecular flexibility index (Phi) is 7.08. The smallest absolute Gasteiger partial charge is 0.241 e. The number of hydrogen-bond acceptors (Lipinski definition) is 6. The molecule has 6 unspecified atom stereocenters. The van der Waals surface area contributed by atoms with Crippen molar-refractivity contribution in [1.82, 2.24) is 0 Å². The van der Waals surface area contributed by atoms with Crippen LogP contribution in [0.25, 0.3) is 0 Å². The fraction of sp³-hybridized carbons (Fsp3) is 0.333. The SMILES string of the molecule is CCc1ccc(N2C(=O)C3CC=C4C(CC5C(=O)N(c6ccc(F)c(Cl)c6)C(=O)C5(C)C4c4ccc(OC)cc4O)C3C2=O)cc1. The van der Waals surface area contributed by atoms with E-state index >= 15 is 0 Å². The van der Waals surface area contributed by atoms with Crippen molar-refractivity contribution in [3.05, 3.63) is 94.3 Å². The lowest BCUT2D eigenvalue weighted by atomic mass is 9.51. The highest BCUT2D eigenvalue weighted by atomic mass is 35.5. The molecule has 10 heteroatoms. The molecule has 46 heavy (non-hydrogen) atoms. The van der Waals surface area contributed by atoms with Crippen LogP contribution in [0.5, 0.6) is 11.5 Å². The van der Waals surface area contributed by atoms with Crippen LogP contribution < -0.4 is 14.5 Å². The molecule has 2 heterocycles. The largest absolute Gasteiger partial charge is 0.508 e. The average Bonchev–Trinajstić information content (AvgIpc) is 3.42. The van der Waals surface area contributed by atoms with Gasteiger partial charge in [0.2, 0.25) is 23.6 Å². The maximum absolute atomic E-state index is 14.5. The van der Waals surface area contributed by atoms with Gasteiger partial charge in [-0.05, 0) is 74.1 Å². The van der Waals surface area contributed by atoms with Crippen LogP contribution in [-0.4, -0.2) is 35.8 Å². The number of allylic oxidation sites excluding steroid dienone is 2. The summed E-state index contributed by atoms with van der Waals surface area (Å²) in [5, 5.41) is 11.1. The Bertz CT molecular complexity index is 1860. The van der Waals surface area contributed by atoms with Gasteiger partial charge in [-0.15, -0.1) is 0 Å². The van der Waals surface area contributed by atoms with Crippen LogP contribution in [0.4, 0.5) is 15.8 Å². The van der Waals surface area contributed by atoms with Gasteiger partial charge < -0.3 is 9.84 Å². The van der Waals surface area contributed by atoms with E-state index in [1.807, 2.05) is 25.1 Å². The minimum Gasteiger partial charge on any atom is -0.508 e. The van der Waals surface area contributed by atoms with Crippen molar-refractivity contribution in [2.24, 2.45) is 29.1 Å². The number of aromatic hydroxyl groups is 1. The number of hydrogen-bond donors (Lipinski definition) is 1. The number of amides is 4. The van der Waals surface area contributed by atoms with Gasteiger partial charge >= 0.3 is 0 Å². The summed E-state index contributed by atoms with van der Waals surface area (Å²) >= 11 is 6.07. The van der Waals surface area contributed by atoms with Crippen molar-refractivity contribution in [3.63, 3.8) is 0 Å². The van der Waals surface area contributed by atoms with Crippen molar-refractivity contribution in [2.45, 2.75) is 39.0 Å². The van der Waals surface area contributed by atoms with E-state index < -0.39 is 52.6 Å². The minimum atomic E-state index is -1.37. The predicted octanol–water partition coefficient (Wildman–Crippen LogP) is 6.19. The number of halogens is 2. The first-order chi connectivity index (χ1) is 22.0. The molecular formula is C36H32ClFN2O6. The number of rotatable bonds is 5. The summed E-state index contributed by atoms with van der Waals surface area (Å²) in [7, 11) is 1.47. The van der Waals surface area contributed by atoms with Gasteiger partial charge in [0.15, 0.2) is 0 Å². The van der Waals surface area contributed by atoms with Gasteiger partial charge in [-0.25, -0.2) is 9.29 Å². The third-order valence-electron chi connectivity index (χ3n) is 10.6. The van der Waals surface area contributed by atoms with Gasteiger partial charge in [0.25, 0.3) is 0 Å². The molecule has 3 aromatic carbocycles. The third kappa shape index (κ3) is 4.17. The molecule has 0 radical (unpaired) electrons. The normalized spacial score (nSPS) is 28.6. The molecule has 6 atom stereocenters. The van der Waals surface area contributed by atoms with Crippen LogP contribution in [0.15, 0.2) is 72.3 Å². The van der Waals surface area contributed by atoms with Gasteiger partial charge in [0.05, 0.1) is 46.7 Å². The minimum absolute atomic E-state index is 0.122. The van der Waals surface area contributed by atoms with E-state index in [9.17, 15) is 28.7 Å². The first-order valence-electron chi connectivity index (χ1n) is 15.4. The van der Waals surface area contributed by atoms with Gasteiger partial charge in [0.1, 0.15) is 17.3 Å². The Morgan fingerprint density at radius 2 is 1.65 bits per heavy atom. The summed E-state index contributed by atoms with van der Waals surface area (Å²) in [5.74, 6) is -5.67. The molecule has 2 saturated heterocycles. The molecule has 1 saturated carbocycles. The first kappa shape index (κ1) is 30.2. The summed E-state index contributed by atoms with van der Waals surface area (Å²) in [5.41, 5.74) is 1.49. The molecule has 3 fully saturated rings. The number of anilines is 2. The maximum atomic E-state index is 14.5. The molecule has 0 spiro atoms. The topological polar surface area (TPSA) is 104 Å². The highest BCUT2D eigenvalue weighted by Crippen LogP contribution is 2.64. The fourth-order valence-corrected chi connectivity index (χ4v) is 8.43. The summed E-state index contributed by atoms with van der Waals surface area (Å²) in [4.78, 5) is 59.1. The molecule has 2 aliphatic heterocycles. The van der Waals surface area contributed by atoms with E-state index in [2.05, 4.69) is 0 Å². The van der Waals surface area contributed by atoms with E-state index in [0.717, 1.165) is 28.5 Å². The number of carbonyl (C=O) groups is 4. The lowest BCUT2D eigenvalue weighted by Crippen LogP contribution is -2.48. The van der Waals surface area contributed by atoms with Gasteiger partial charge in [-0.3, -0.25) is 24.1 Å². The number of ether oxygens (including phenoxy) is 1. The Balaban J connectivity index is 1.36. The Morgan fingerprint density at radius 3 is 2.30 bits per heavy atom. The molecule has 4 aliphatic rings. The van der Waals surface area contributed by atoms with E-state index in [1.165, 1.54) is 30.2 Å². The number of nitrogens with zero attached hydrogens (tertiary/aromatic N) is 2. The second-order valence-electron chi connectivity index (χ2n) is 12.7. The lowest BCUT2D eigenvalue weighted by Gasteiger charge is -2.49. The van der Waals surface area contributed by atoms with E-state index in [-0.39, 0.29) is 41.1 Å². The highest BCUT2D eigenvalue weighted by Gasteiger charge is 2.68. The Morgan fingerprint density at radius 1 is 0.935 bits per heavy atom. The zero-order chi connectivity index (χ0) is 32.7. The van der Waals surface area contributed by atoms with Gasteiger partial charge in [-0.1, -0.05) is 48.4 Å². The third-order valence-corrected chi connectivity index (χ3v) is 10.9. The molecule has 8 nitrogen and oxygen atoms in total. The van der Waals surface area contributed by atoms with Crippen molar-refractivity contribution in [2.75, 3.05) is 16.9 Å². The van der Waals surface area contributed by atoms with Crippen LogP contribution in [0.3, 0.4) is 0 Å². The zero-order valence-corrected chi connectivity index (χ0v) is 26.3. The van der Waals surface area contributed by atoms with Crippen LogP contribution in [0.2, 0.25) is 5.02 Å². The molecular weight excluding hydrogens is 611 g/mol. The number of benzene rings is 3. The second kappa shape index (κ2) is 10.8. The summed E-state index contributed by atoms with van der Waals surface area (Å²) in [6.07, 6.45) is 3.16. The molecule has 236 valence electrons. The summed E-state index contributed by atoms with van der Waals surface area (Å²) in [6.45, 7) is 3.74. The number of fused-ring (bicyclic) bond motifs is 4. The predicted molar refractivity (Wildman–Crippen MR) is 169 cm³/mol. The molecule has 2 aliphatic carbocycles. The van der Waals surface area contributed by atoms with E-state index in [1.54, 1.807) is 31.2 Å². The lowest BCUT2D eigenvalue weighted by molar-refractivity contribution is -0.131. The van der Waals surface area contributed by atoms with E-state index in [4.69, 9.17) is 16.3 Å². The zero-order valence-electron chi connectivity index (χ0n) is 25.5. The molecule has 0 bridgehead atoms. The van der Waals surface area contributed by atoms with E-state index in [0.29, 0.717) is 17.0 Å². The van der Waals surface area contributed by atoms with Crippen LogP contribution in [0, 0.1) is 34.9 Å². The van der Waals surface area contributed by atoms with Crippen molar-refractivity contribution in [1.29, 1.82) is 0 Å². The average molecular weight is 643 g/mol. The quantitative estimate of drug-likeness (QED) is 0.263. The molecule has 4 amide bonds. The monoisotopic (exact) mass is 642 g/mol. The number of imide groups is 2. The second-order valence-corrected chi connectivity index (χ2v) is 13.1. The number of carbonyl (C=O) groups excluding carboxylic acids is 4. The summed E-state index contributed by atoms with van der Waals surface area (Å²) in [6, 6.07) is 15.8. The van der Waals surface area contributed by atoms with Crippen LogP contribution in [-0.2, 0) is 25.6 Å². The van der Waals surface area contributed by atoms with Crippen molar-refractivity contribution < 1.29 is 33.4 Å². The van der Waals surface area contributed by atoms with Crippen molar-refractivity contribution in [3.8, 4) is 11.5 Å². The molecule has 0 aromatic heterocycles. The van der Waals surface area contributed by atoms with Crippen LogP contribution in [0.1, 0.15) is 43.7 Å². The Labute approximate surface area is 270 Å². The highest BCUT2D eigenvalue weighted by molar-refractivity contribution is 6.32. The number of phenols is 1. The standard InChI is InChI=1S/C36H32ClFN2O6/c1-4-18-5-7-19(8-6-18)39-32(42)24-13-12-22-25(30(24)34(39)44)17-26-33(43)40(20-9-14-28(38)27(37)15-20)35(45)36(26,2)31(22)23-11-10-21(46-3)16-29(23)41/h5-12,14-16,24-26,30-31,41H,4,13,17H2,1-3H3. The van der Waals surface area contributed by atoms with Gasteiger partial charge in [0, 0.05) is 17.5 Å². The molecule has 7 rings (SSSR count). The number of methoxy groups -OCH3 is 1. The number of aryl methyl sites for hydroxylation is 1. The van der Waals surface area contributed by atoms with Gasteiger partial charge in [-0.2, -0.15) is 0 Å². The Hall–Kier alpha value is -4.50. The van der Waals surface area contributed by atoms with Crippen molar-refractivity contribution >= 4 is 46.6 Å². The first-order valence-corrected chi connectivity index (χ1v) is 15.8. The maximum Gasteiger partial charge on any atom is 0.241 e. The fourth-order valence-electron chi connectivity index (χ4n) is 8.26. The molecule has 3 aromatic rings. The number of phenolic OH excluding ortho intramolecular Hbond substituents is 1. The summed E-state index contributed by atoms with van der Waals surface area (Å²) < 4.78 is 19.4. The molecule has 1 N–H and O–H groups in total.